The molecule has 0 radical (unpaired) electrons. The SMILES string of the molecule is CC.O=C(O)c1ccccc1Cl. The summed E-state index contributed by atoms with van der Waals surface area (Å²) in [6.45, 7) is 4.00. The second kappa shape index (κ2) is 5.61. The number of hydrogen-bond donors (Lipinski definition) is 1. The molecule has 0 atom stereocenters. The minimum atomic E-state index is -0.995. The molecule has 66 valence electrons. The fourth-order valence-corrected chi connectivity index (χ4v) is 0.851. The number of carboxylic acid groups (broad SMARTS) is 1. The molecule has 1 aromatic rings. The van der Waals surface area contributed by atoms with Crippen LogP contribution < -0.4 is 0 Å². The molecule has 1 rings (SSSR count). The summed E-state index contributed by atoms with van der Waals surface area (Å²) in [5, 5.41) is 8.75. The molecule has 0 saturated heterocycles. The van der Waals surface area contributed by atoms with Gasteiger partial charge in [-0.2, -0.15) is 0 Å². The Hall–Kier alpha value is -1.02. The lowest BCUT2D eigenvalue weighted by atomic mass is 10.2. The number of carbonyl (C=O) groups is 1. The lowest BCUT2D eigenvalue weighted by Gasteiger charge is -1.94. The topological polar surface area (TPSA) is 37.3 Å². The van der Waals surface area contributed by atoms with Crippen LogP contribution in [0, 0.1) is 0 Å². The van der Waals surface area contributed by atoms with Crippen LogP contribution in [0.25, 0.3) is 0 Å². The van der Waals surface area contributed by atoms with Crippen molar-refractivity contribution in [3.63, 3.8) is 0 Å². The van der Waals surface area contributed by atoms with Crippen LogP contribution in [-0.2, 0) is 0 Å². The van der Waals surface area contributed by atoms with Crippen LogP contribution in [0.4, 0.5) is 0 Å². The van der Waals surface area contributed by atoms with Gasteiger partial charge in [-0.3, -0.25) is 0 Å². The van der Waals surface area contributed by atoms with E-state index in [-0.39, 0.29) is 10.6 Å². The van der Waals surface area contributed by atoms with Gasteiger partial charge in [-0.05, 0) is 12.1 Å². The van der Waals surface area contributed by atoms with E-state index in [1.54, 1.807) is 18.2 Å². The first kappa shape index (κ1) is 11.0. The molecule has 0 heterocycles. The summed E-state index contributed by atoms with van der Waals surface area (Å²) < 4.78 is 0. The molecule has 0 aromatic heterocycles. The average molecular weight is 187 g/mol. The molecule has 3 heteroatoms. The Morgan fingerprint density at radius 2 is 1.83 bits per heavy atom. The van der Waals surface area contributed by atoms with Crippen LogP contribution >= 0.6 is 11.6 Å². The lowest BCUT2D eigenvalue weighted by Crippen LogP contribution is -1.95. The predicted molar refractivity (Wildman–Crippen MR) is 49.8 cm³/mol. The van der Waals surface area contributed by atoms with Gasteiger partial charge in [0.05, 0.1) is 10.6 Å². The van der Waals surface area contributed by atoms with Crippen molar-refractivity contribution in [3.05, 3.63) is 34.9 Å². The fraction of sp³-hybridized carbons (Fsp3) is 0.222. The van der Waals surface area contributed by atoms with Gasteiger partial charge in [0.1, 0.15) is 0 Å². The Morgan fingerprint density at radius 3 is 2.17 bits per heavy atom. The minimum Gasteiger partial charge on any atom is -0.478 e. The third kappa shape index (κ3) is 2.93. The largest absolute Gasteiger partial charge is 0.478 e. The van der Waals surface area contributed by atoms with E-state index in [4.69, 9.17) is 16.7 Å². The van der Waals surface area contributed by atoms with Crippen molar-refractivity contribution in [2.24, 2.45) is 0 Å². The van der Waals surface area contributed by atoms with E-state index in [0.717, 1.165) is 0 Å². The van der Waals surface area contributed by atoms with Gasteiger partial charge in [0, 0.05) is 0 Å². The molecule has 0 aliphatic rings. The first-order valence-electron chi connectivity index (χ1n) is 3.69. The van der Waals surface area contributed by atoms with Crippen LogP contribution in [0.15, 0.2) is 24.3 Å². The standard InChI is InChI=1S/C7H5ClO2.C2H6/c8-6-4-2-1-3-5(6)7(9)10;1-2/h1-4H,(H,9,10);1-2H3. The molecular weight excluding hydrogens is 176 g/mol. The summed E-state index contributed by atoms with van der Waals surface area (Å²) in [6.07, 6.45) is 0. The van der Waals surface area contributed by atoms with Crippen molar-refractivity contribution in [1.29, 1.82) is 0 Å². The lowest BCUT2D eigenvalue weighted by molar-refractivity contribution is 0.0697. The van der Waals surface area contributed by atoms with Crippen molar-refractivity contribution in [3.8, 4) is 0 Å². The monoisotopic (exact) mass is 186 g/mol. The first-order valence-corrected chi connectivity index (χ1v) is 4.07. The van der Waals surface area contributed by atoms with Gasteiger partial charge in [-0.25, -0.2) is 4.79 Å². The van der Waals surface area contributed by atoms with E-state index in [1.807, 2.05) is 13.8 Å². The van der Waals surface area contributed by atoms with Gasteiger partial charge in [0.15, 0.2) is 0 Å². The third-order valence-electron chi connectivity index (χ3n) is 1.10. The molecule has 0 aliphatic heterocycles. The molecule has 0 saturated carbocycles. The van der Waals surface area contributed by atoms with Gasteiger partial charge < -0.3 is 5.11 Å². The molecule has 12 heavy (non-hydrogen) atoms. The first-order chi connectivity index (χ1) is 5.72. The second-order valence-corrected chi connectivity index (χ2v) is 2.19. The van der Waals surface area contributed by atoms with Crippen LogP contribution in [-0.4, -0.2) is 11.1 Å². The number of rotatable bonds is 1. The van der Waals surface area contributed by atoms with Crippen molar-refractivity contribution < 1.29 is 9.90 Å². The maximum atomic E-state index is 10.3. The highest BCUT2D eigenvalue weighted by Gasteiger charge is 2.04. The van der Waals surface area contributed by atoms with E-state index in [9.17, 15) is 4.79 Å². The molecule has 0 aliphatic carbocycles. The van der Waals surface area contributed by atoms with E-state index in [2.05, 4.69) is 0 Å². The molecule has 1 N–H and O–H groups in total. The van der Waals surface area contributed by atoms with Gasteiger partial charge in [0.25, 0.3) is 0 Å². The Bertz CT molecular complexity index is 258. The predicted octanol–water partition coefficient (Wildman–Crippen LogP) is 3.06. The summed E-state index contributed by atoms with van der Waals surface area (Å²) in [4.78, 5) is 10.3. The zero-order valence-corrected chi connectivity index (χ0v) is 7.80. The Labute approximate surface area is 76.8 Å². The number of benzene rings is 1. The normalized spacial score (nSPS) is 8.25. The number of hydrogen-bond acceptors (Lipinski definition) is 1. The molecule has 0 amide bonds. The summed E-state index contributed by atoms with van der Waals surface area (Å²) >= 11 is 5.54. The maximum Gasteiger partial charge on any atom is 0.337 e. The average Bonchev–Trinajstić information content (AvgIpc) is 2.08. The molecule has 2 nitrogen and oxygen atoms in total. The summed E-state index contributed by atoms with van der Waals surface area (Å²) in [7, 11) is 0. The molecule has 0 bridgehead atoms. The highest BCUT2D eigenvalue weighted by atomic mass is 35.5. The van der Waals surface area contributed by atoms with Crippen LogP contribution in [0.2, 0.25) is 5.02 Å². The van der Waals surface area contributed by atoms with Gasteiger partial charge in [0.2, 0.25) is 0 Å². The van der Waals surface area contributed by atoms with E-state index in [0.29, 0.717) is 0 Å². The zero-order chi connectivity index (χ0) is 9.56. The fourth-order valence-electron chi connectivity index (χ4n) is 0.635. The Balaban J connectivity index is 0.000000561. The van der Waals surface area contributed by atoms with Gasteiger partial charge >= 0.3 is 5.97 Å². The maximum absolute atomic E-state index is 10.3. The van der Waals surface area contributed by atoms with Crippen molar-refractivity contribution in [2.45, 2.75) is 13.8 Å². The van der Waals surface area contributed by atoms with Crippen LogP contribution in [0.3, 0.4) is 0 Å². The highest BCUT2D eigenvalue weighted by Crippen LogP contribution is 2.13. The molecule has 0 spiro atoms. The number of aromatic carboxylic acids is 1. The Morgan fingerprint density at radius 1 is 1.33 bits per heavy atom. The van der Waals surface area contributed by atoms with Crippen LogP contribution in [0.1, 0.15) is 24.2 Å². The summed E-state index contributed by atoms with van der Waals surface area (Å²) in [6, 6.07) is 6.33. The van der Waals surface area contributed by atoms with E-state index < -0.39 is 5.97 Å². The Kier molecular flexibility index (Phi) is 5.13. The summed E-state index contributed by atoms with van der Waals surface area (Å²) in [5.41, 5.74) is 0.143. The molecule has 0 fully saturated rings. The van der Waals surface area contributed by atoms with Crippen LogP contribution in [0.5, 0.6) is 0 Å². The van der Waals surface area contributed by atoms with Crippen molar-refractivity contribution in [2.75, 3.05) is 0 Å². The molecular formula is C9H11ClO2. The highest BCUT2D eigenvalue weighted by molar-refractivity contribution is 6.33. The number of halogens is 1. The quantitative estimate of drug-likeness (QED) is 0.732. The van der Waals surface area contributed by atoms with E-state index in [1.165, 1.54) is 6.07 Å². The minimum absolute atomic E-state index is 0.143. The smallest absolute Gasteiger partial charge is 0.337 e. The van der Waals surface area contributed by atoms with Crippen molar-refractivity contribution in [1.82, 2.24) is 0 Å². The number of carboxylic acids is 1. The zero-order valence-electron chi connectivity index (χ0n) is 7.04. The molecule has 1 aromatic carbocycles. The van der Waals surface area contributed by atoms with E-state index >= 15 is 0 Å². The molecule has 0 unspecified atom stereocenters. The van der Waals surface area contributed by atoms with Crippen molar-refractivity contribution >= 4 is 17.6 Å². The van der Waals surface area contributed by atoms with Gasteiger partial charge in [-0.15, -0.1) is 0 Å². The van der Waals surface area contributed by atoms with Gasteiger partial charge in [-0.1, -0.05) is 37.6 Å². The third-order valence-corrected chi connectivity index (χ3v) is 1.43. The summed E-state index contributed by atoms with van der Waals surface area (Å²) in [5.74, 6) is -0.995. The second-order valence-electron chi connectivity index (χ2n) is 1.78.